The molecule has 2 nitrogen and oxygen atoms in total. The van der Waals surface area contributed by atoms with E-state index < -0.39 is 0 Å². The molecule has 44 heavy (non-hydrogen) atoms. The summed E-state index contributed by atoms with van der Waals surface area (Å²) in [7, 11) is 0. The average molecular weight is 562 g/mol. The number of rotatable bonds is 2. The molecule has 2 aromatic heterocycles. The number of furan rings is 2. The average Bonchev–Trinajstić information content (AvgIpc) is 3.67. The van der Waals surface area contributed by atoms with Crippen molar-refractivity contribution in [1.82, 2.24) is 0 Å². The van der Waals surface area contributed by atoms with Gasteiger partial charge < -0.3 is 8.83 Å². The Morgan fingerprint density at radius 2 is 0.932 bits per heavy atom. The van der Waals surface area contributed by atoms with Crippen molar-refractivity contribution in [2.75, 3.05) is 0 Å². The van der Waals surface area contributed by atoms with Crippen LogP contribution in [-0.4, -0.2) is 0 Å². The third kappa shape index (κ3) is 3.14. The van der Waals surface area contributed by atoms with Gasteiger partial charge in [-0.2, -0.15) is 0 Å². The van der Waals surface area contributed by atoms with Crippen molar-refractivity contribution in [1.29, 1.82) is 0 Å². The Morgan fingerprint density at radius 1 is 0.409 bits per heavy atom. The summed E-state index contributed by atoms with van der Waals surface area (Å²) >= 11 is 0. The van der Waals surface area contributed by atoms with Crippen LogP contribution in [0.3, 0.4) is 0 Å². The third-order valence-electron chi connectivity index (χ3n) is 9.15. The Morgan fingerprint density at radius 3 is 1.59 bits per heavy atom. The Balaban J connectivity index is 1.46. The number of hydrogen-bond acceptors (Lipinski definition) is 2. The van der Waals surface area contributed by atoms with Gasteiger partial charge in [0.25, 0.3) is 0 Å². The first kappa shape index (κ1) is 22.7. The van der Waals surface area contributed by atoms with Crippen molar-refractivity contribution in [2.45, 2.75) is 0 Å². The highest BCUT2D eigenvalue weighted by molar-refractivity contribution is 6.34. The van der Waals surface area contributed by atoms with E-state index in [-0.39, 0.29) is 0 Å². The minimum absolute atomic E-state index is 0.376. The summed E-state index contributed by atoms with van der Waals surface area (Å²) in [5.41, 5.74) is 7.65. The standard InChI is InChI=1S/C42H24O2/c1-2-12-25(13-3-1)37-27-14-4-6-16-29(27)39(30-17-7-5-15-28(30)37)33-24-26-22-23-36-40(31-18-8-10-20-34(31)43-36)38(26)41-32-19-9-11-21-35(32)44-42(33)41/h1-24H/i23D. The first-order valence-corrected chi connectivity index (χ1v) is 14.9. The molecule has 0 aliphatic carbocycles. The molecule has 0 aliphatic rings. The van der Waals surface area contributed by atoms with Crippen LogP contribution < -0.4 is 0 Å². The fraction of sp³-hybridized carbons (Fsp3) is 0. The van der Waals surface area contributed by atoms with E-state index in [9.17, 15) is 0 Å². The molecular weight excluding hydrogens is 536 g/mol. The second-order valence-electron chi connectivity index (χ2n) is 11.5. The van der Waals surface area contributed by atoms with Gasteiger partial charge in [-0.25, -0.2) is 0 Å². The fourth-order valence-corrected chi connectivity index (χ4v) is 7.36. The maximum absolute atomic E-state index is 9.06. The molecule has 0 atom stereocenters. The molecule has 10 rings (SSSR count). The number of para-hydroxylation sites is 2. The highest BCUT2D eigenvalue weighted by atomic mass is 16.3. The molecule has 0 amide bonds. The van der Waals surface area contributed by atoms with E-state index in [0.29, 0.717) is 11.6 Å². The Kier molecular flexibility index (Phi) is 4.55. The zero-order valence-electron chi connectivity index (χ0n) is 24.6. The van der Waals surface area contributed by atoms with Crippen LogP contribution in [0.1, 0.15) is 1.37 Å². The van der Waals surface area contributed by atoms with Crippen LogP contribution in [-0.2, 0) is 0 Å². The second kappa shape index (κ2) is 8.82. The van der Waals surface area contributed by atoms with E-state index >= 15 is 0 Å². The summed E-state index contributed by atoms with van der Waals surface area (Å²) < 4.78 is 22.2. The maximum Gasteiger partial charge on any atom is 0.143 e. The number of hydrogen-bond donors (Lipinski definition) is 0. The first-order valence-electron chi connectivity index (χ1n) is 15.4. The Labute approximate surface area is 253 Å². The van der Waals surface area contributed by atoms with Crippen LogP contribution in [0, 0.1) is 0 Å². The lowest BCUT2D eigenvalue weighted by atomic mass is 9.84. The van der Waals surface area contributed by atoms with E-state index in [4.69, 9.17) is 10.2 Å². The highest BCUT2D eigenvalue weighted by Crippen LogP contribution is 2.49. The van der Waals surface area contributed by atoms with Gasteiger partial charge in [0, 0.05) is 38.1 Å². The van der Waals surface area contributed by atoms with Crippen LogP contribution in [0.15, 0.2) is 154 Å². The van der Waals surface area contributed by atoms with Crippen molar-refractivity contribution in [3.8, 4) is 22.3 Å². The highest BCUT2D eigenvalue weighted by Gasteiger charge is 2.23. The van der Waals surface area contributed by atoms with Crippen molar-refractivity contribution in [3.63, 3.8) is 0 Å². The molecule has 0 N–H and O–H groups in total. The van der Waals surface area contributed by atoms with Gasteiger partial charge in [-0.15, -0.1) is 0 Å². The lowest BCUT2D eigenvalue weighted by molar-refractivity contribution is 0.669. The van der Waals surface area contributed by atoms with E-state index in [2.05, 4.69) is 103 Å². The molecule has 0 unspecified atom stereocenters. The summed E-state index contributed by atoms with van der Waals surface area (Å²) in [6.07, 6.45) is 0. The second-order valence-corrected chi connectivity index (χ2v) is 11.5. The van der Waals surface area contributed by atoms with Crippen molar-refractivity contribution in [2.24, 2.45) is 0 Å². The van der Waals surface area contributed by atoms with Crippen molar-refractivity contribution < 1.29 is 10.2 Å². The Bertz CT molecular complexity index is 2760. The van der Waals surface area contributed by atoms with Gasteiger partial charge in [0.05, 0.1) is 1.37 Å². The minimum Gasteiger partial charge on any atom is -0.456 e. The van der Waals surface area contributed by atoms with Gasteiger partial charge in [0.15, 0.2) is 0 Å². The van der Waals surface area contributed by atoms with E-state index in [1.807, 2.05) is 36.4 Å². The SMILES string of the molecule is [2H]c1cc2cc(-c3c4ccccc4c(-c4ccccc4)c4ccccc34)c3oc4ccccc4c3c2c2c1oc1ccccc12. The number of benzene rings is 8. The van der Waals surface area contributed by atoms with Crippen LogP contribution in [0.2, 0.25) is 0 Å². The quantitative estimate of drug-likeness (QED) is 0.196. The van der Waals surface area contributed by atoms with E-state index in [1.54, 1.807) is 0 Å². The molecule has 0 spiro atoms. The topological polar surface area (TPSA) is 26.3 Å². The Hall–Kier alpha value is -5.86. The largest absolute Gasteiger partial charge is 0.456 e. The summed E-state index contributed by atoms with van der Waals surface area (Å²) in [6, 6.07) is 49.0. The summed E-state index contributed by atoms with van der Waals surface area (Å²) in [6.45, 7) is 0. The number of fused-ring (bicyclic) bond motifs is 11. The van der Waals surface area contributed by atoms with Crippen molar-refractivity contribution in [3.05, 3.63) is 146 Å². The van der Waals surface area contributed by atoms with Crippen LogP contribution >= 0.6 is 0 Å². The lowest BCUT2D eigenvalue weighted by Gasteiger charge is -2.18. The van der Waals surface area contributed by atoms with Gasteiger partial charge in [0.2, 0.25) is 0 Å². The lowest BCUT2D eigenvalue weighted by Crippen LogP contribution is -1.91. The normalized spacial score (nSPS) is 12.4. The van der Waals surface area contributed by atoms with Gasteiger partial charge in [-0.05, 0) is 62.3 Å². The summed E-state index contributed by atoms with van der Waals surface area (Å²) in [5, 5.41) is 10.8. The smallest absolute Gasteiger partial charge is 0.143 e. The third-order valence-corrected chi connectivity index (χ3v) is 9.15. The van der Waals surface area contributed by atoms with Crippen molar-refractivity contribution >= 4 is 76.2 Å². The molecule has 8 aromatic carbocycles. The van der Waals surface area contributed by atoms with Crippen LogP contribution in [0.5, 0.6) is 0 Å². The maximum atomic E-state index is 9.06. The van der Waals surface area contributed by atoms with E-state index in [1.165, 1.54) is 21.9 Å². The van der Waals surface area contributed by atoms with Crippen LogP contribution in [0.4, 0.5) is 0 Å². The zero-order chi connectivity index (χ0) is 29.6. The molecule has 0 saturated carbocycles. The van der Waals surface area contributed by atoms with E-state index in [0.717, 1.165) is 71.0 Å². The molecule has 2 heteroatoms. The van der Waals surface area contributed by atoms with Gasteiger partial charge in [-0.3, -0.25) is 0 Å². The molecule has 2 heterocycles. The molecule has 10 aromatic rings. The predicted octanol–water partition coefficient (Wildman–Crippen LogP) is 12.3. The van der Waals surface area contributed by atoms with Gasteiger partial charge in [0.1, 0.15) is 22.3 Å². The molecule has 0 aliphatic heterocycles. The molecular formula is C42H24O2. The van der Waals surface area contributed by atoms with Gasteiger partial charge >= 0.3 is 0 Å². The minimum atomic E-state index is 0.376. The first-order chi connectivity index (χ1) is 22.3. The molecule has 0 bridgehead atoms. The predicted molar refractivity (Wildman–Crippen MR) is 184 cm³/mol. The molecule has 0 radical (unpaired) electrons. The van der Waals surface area contributed by atoms with Crippen LogP contribution in [0.25, 0.3) is 98.4 Å². The molecule has 0 fully saturated rings. The monoisotopic (exact) mass is 561 g/mol. The zero-order valence-corrected chi connectivity index (χ0v) is 23.6. The fourth-order valence-electron chi connectivity index (χ4n) is 7.36. The summed E-state index contributed by atoms with van der Waals surface area (Å²) in [5.74, 6) is 0. The molecule has 0 saturated heterocycles. The van der Waals surface area contributed by atoms with Gasteiger partial charge in [-0.1, -0.05) is 121 Å². The summed E-state index contributed by atoms with van der Waals surface area (Å²) in [4.78, 5) is 0. The molecule has 204 valence electrons.